The first-order chi connectivity index (χ1) is 20.9. The number of aryl methyl sites for hydroxylation is 1. The Morgan fingerprint density at radius 2 is 1.60 bits per heavy atom. The molecular weight excluding hydrogens is 618 g/mol. The van der Waals surface area contributed by atoms with Crippen LogP contribution in [0.4, 0.5) is 40.8 Å². The Hall–Kier alpha value is -3.72. The van der Waals surface area contributed by atoms with Gasteiger partial charge in [-0.1, -0.05) is 0 Å². The van der Waals surface area contributed by atoms with E-state index in [-0.39, 0.29) is 34.4 Å². The average Bonchev–Trinajstić information content (AvgIpc) is 3.89. The molecule has 246 valence electrons. The summed E-state index contributed by atoms with van der Waals surface area (Å²) in [4.78, 5) is 39.6. The van der Waals surface area contributed by atoms with Gasteiger partial charge < -0.3 is 15.5 Å². The number of halogens is 8. The zero-order valence-corrected chi connectivity index (χ0v) is 24.2. The lowest BCUT2D eigenvalue weighted by Crippen LogP contribution is -2.50. The SMILES string of the molecule is CCn1nccc1C(=O)N[C@H](C(=O)Nc1cc(C(F)(F)F)c(C(C)C(=O)N2CC(F)(F)C(F)(F)C2)cc1F)C(C1CC1)C1CC1. The average molecular weight is 650 g/mol. The number of hydrogen-bond donors (Lipinski definition) is 2. The molecule has 1 aromatic carbocycles. The van der Waals surface area contributed by atoms with Crippen molar-refractivity contribution in [2.45, 2.75) is 76.1 Å². The van der Waals surface area contributed by atoms with E-state index in [2.05, 4.69) is 15.7 Å². The van der Waals surface area contributed by atoms with E-state index >= 15 is 4.39 Å². The van der Waals surface area contributed by atoms with Crippen LogP contribution in [-0.4, -0.2) is 63.4 Å². The van der Waals surface area contributed by atoms with Crippen LogP contribution in [0.15, 0.2) is 24.4 Å². The number of amides is 3. The van der Waals surface area contributed by atoms with Gasteiger partial charge in [0.25, 0.3) is 5.91 Å². The quantitative estimate of drug-likeness (QED) is 0.335. The van der Waals surface area contributed by atoms with Crippen LogP contribution in [-0.2, 0) is 22.3 Å². The van der Waals surface area contributed by atoms with E-state index in [9.17, 15) is 45.1 Å². The molecule has 1 unspecified atom stereocenters. The van der Waals surface area contributed by atoms with Crippen LogP contribution in [0.5, 0.6) is 0 Å². The molecule has 3 aliphatic rings. The summed E-state index contributed by atoms with van der Waals surface area (Å²) in [5.74, 6) is -15.7. The first-order valence-electron chi connectivity index (χ1n) is 14.5. The standard InChI is InChI=1S/C29H31F8N5O3/c1-3-42-21(8-9-38-42)24(43)40-23(22(15-4-5-15)16-6-7-16)25(44)39-20-11-18(29(35,36)37)17(10-19(20)30)14(2)26(45)41-12-27(31,32)28(33,34)13-41/h8-11,14-16,22-23H,3-7,12-13H2,1-2H3,(H,39,44)(H,40,43)/t14?,23-/m0/s1. The van der Waals surface area contributed by atoms with Gasteiger partial charge in [-0.2, -0.15) is 35.8 Å². The lowest BCUT2D eigenvalue weighted by Gasteiger charge is -2.28. The highest BCUT2D eigenvalue weighted by Gasteiger charge is 2.64. The molecule has 2 atom stereocenters. The number of carbonyl (C=O) groups is 3. The number of nitrogens with zero attached hydrogens (tertiary/aromatic N) is 3. The molecule has 3 amide bonds. The topological polar surface area (TPSA) is 96.3 Å². The Bertz CT molecular complexity index is 1460. The number of nitrogens with one attached hydrogen (secondary N) is 2. The maximum Gasteiger partial charge on any atom is 0.416 e. The van der Waals surface area contributed by atoms with Crippen LogP contribution in [0.3, 0.4) is 0 Å². The number of hydrogen-bond acceptors (Lipinski definition) is 4. The Morgan fingerprint density at radius 3 is 2.11 bits per heavy atom. The van der Waals surface area contributed by atoms with Crippen molar-refractivity contribution >= 4 is 23.4 Å². The third-order valence-corrected chi connectivity index (χ3v) is 8.70. The van der Waals surface area contributed by atoms with Gasteiger partial charge in [-0.05, 0) is 81.0 Å². The van der Waals surface area contributed by atoms with Gasteiger partial charge in [0.05, 0.1) is 30.3 Å². The molecule has 1 aromatic heterocycles. The van der Waals surface area contributed by atoms with Crippen molar-refractivity contribution in [1.82, 2.24) is 20.0 Å². The molecule has 2 aliphatic carbocycles. The van der Waals surface area contributed by atoms with Crippen LogP contribution < -0.4 is 10.6 Å². The van der Waals surface area contributed by atoms with Gasteiger partial charge >= 0.3 is 18.0 Å². The lowest BCUT2D eigenvalue weighted by atomic mass is 9.88. The van der Waals surface area contributed by atoms with Crippen LogP contribution in [0.25, 0.3) is 0 Å². The molecule has 0 bridgehead atoms. The molecular formula is C29H31F8N5O3. The second kappa shape index (κ2) is 11.6. The highest BCUT2D eigenvalue weighted by atomic mass is 19.4. The molecule has 1 saturated heterocycles. The summed E-state index contributed by atoms with van der Waals surface area (Å²) in [5.41, 5.74) is -3.28. The van der Waals surface area contributed by atoms with Crippen molar-refractivity contribution in [3.8, 4) is 0 Å². The molecule has 2 saturated carbocycles. The Kier molecular flexibility index (Phi) is 8.40. The molecule has 2 aromatic rings. The van der Waals surface area contributed by atoms with Crippen LogP contribution in [0.2, 0.25) is 0 Å². The zero-order valence-electron chi connectivity index (χ0n) is 24.2. The van der Waals surface area contributed by atoms with Crippen LogP contribution >= 0.6 is 0 Å². The summed E-state index contributed by atoms with van der Waals surface area (Å²) in [6.45, 7) is -0.461. The first-order valence-corrected chi connectivity index (χ1v) is 14.5. The van der Waals surface area contributed by atoms with Crippen molar-refractivity contribution < 1.29 is 49.5 Å². The van der Waals surface area contributed by atoms with Gasteiger partial charge in [-0.15, -0.1) is 0 Å². The smallest absolute Gasteiger partial charge is 0.339 e. The van der Waals surface area contributed by atoms with Crippen molar-refractivity contribution in [2.24, 2.45) is 17.8 Å². The lowest BCUT2D eigenvalue weighted by molar-refractivity contribution is -0.172. The van der Waals surface area contributed by atoms with Gasteiger partial charge in [0.1, 0.15) is 17.6 Å². The van der Waals surface area contributed by atoms with E-state index in [0.29, 0.717) is 12.6 Å². The van der Waals surface area contributed by atoms with E-state index in [0.717, 1.165) is 32.6 Å². The molecule has 5 rings (SSSR count). The highest BCUT2D eigenvalue weighted by Crippen LogP contribution is 2.51. The van der Waals surface area contributed by atoms with E-state index in [4.69, 9.17) is 0 Å². The van der Waals surface area contributed by atoms with Crippen molar-refractivity contribution in [2.75, 3.05) is 18.4 Å². The third-order valence-electron chi connectivity index (χ3n) is 8.70. The second-order valence-electron chi connectivity index (χ2n) is 12.0. The van der Waals surface area contributed by atoms with E-state index < -0.39 is 83.4 Å². The molecule has 2 heterocycles. The van der Waals surface area contributed by atoms with Crippen molar-refractivity contribution in [3.63, 3.8) is 0 Å². The fourth-order valence-corrected chi connectivity index (χ4v) is 6.05. The first kappa shape index (κ1) is 32.7. The van der Waals surface area contributed by atoms with E-state index in [1.165, 1.54) is 16.9 Å². The summed E-state index contributed by atoms with van der Waals surface area (Å²) < 4.78 is 114. The number of aromatic nitrogens is 2. The summed E-state index contributed by atoms with van der Waals surface area (Å²) in [7, 11) is 0. The Balaban J connectivity index is 1.43. The zero-order chi connectivity index (χ0) is 33.1. The molecule has 0 radical (unpaired) electrons. The maximum absolute atomic E-state index is 15.4. The van der Waals surface area contributed by atoms with Gasteiger partial charge in [0.2, 0.25) is 11.8 Å². The molecule has 45 heavy (non-hydrogen) atoms. The monoisotopic (exact) mass is 649 g/mol. The normalized spacial score (nSPS) is 20.6. The highest BCUT2D eigenvalue weighted by molar-refractivity contribution is 6.01. The summed E-state index contributed by atoms with van der Waals surface area (Å²) in [6.07, 6.45) is -0.668. The fraction of sp³-hybridized carbons (Fsp3) is 0.586. The minimum Gasteiger partial charge on any atom is -0.339 e. The minimum absolute atomic E-state index is 0.0477. The van der Waals surface area contributed by atoms with Crippen LogP contribution in [0.1, 0.15) is 67.1 Å². The molecule has 8 nitrogen and oxygen atoms in total. The summed E-state index contributed by atoms with van der Waals surface area (Å²) in [5, 5.41) is 8.89. The summed E-state index contributed by atoms with van der Waals surface area (Å²) >= 11 is 0. The van der Waals surface area contributed by atoms with E-state index in [1.807, 2.05) is 0 Å². The predicted octanol–water partition coefficient (Wildman–Crippen LogP) is 5.45. The number of likely N-dealkylation sites (tertiary alicyclic amines) is 1. The molecule has 16 heteroatoms. The van der Waals surface area contributed by atoms with Crippen LogP contribution in [0, 0.1) is 23.6 Å². The van der Waals surface area contributed by atoms with Crippen molar-refractivity contribution in [1.29, 1.82) is 0 Å². The summed E-state index contributed by atoms with van der Waals surface area (Å²) in [6, 6.07) is 0.830. The number of rotatable bonds is 10. The largest absolute Gasteiger partial charge is 0.416 e. The number of carbonyl (C=O) groups excluding carboxylic acids is 3. The number of benzene rings is 1. The van der Waals surface area contributed by atoms with E-state index in [1.54, 1.807) is 6.92 Å². The Labute approximate surface area is 252 Å². The number of anilines is 1. The minimum atomic E-state index is -5.22. The molecule has 0 spiro atoms. The second-order valence-corrected chi connectivity index (χ2v) is 12.0. The predicted molar refractivity (Wildman–Crippen MR) is 143 cm³/mol. The molecule has 1 aliphatic heterocycles. The number of alkyl halides is 7. The van der Waals surface area contributed by atoms with Gasteiger partial charge in [-0.25, -0.2) is 4.39 Å². The van der Waals surface area contributed by atoms with Crippen molar-refractivity contribution in [3.05, 3.63) is 47.0 Å². The Morgan fingerprint density at radius 1 is 1.02 bits per heavy atom. The van der Waals surface area contributed by atoms with Gasteiger partial charge in [0, 0.05) is 12.7 Å². The van der Waals surface area contributed by atoms with Gasteiger partial charge in [-0.3, -0.25) is 19.1 Å². The maximum atomic E-state index is 15.4. The fourth-order valence-electron chi connectivity index (χ4n) is 6.05. The van der Waals surface area contributed by atoms with Gasteiger partial charge in [0.15, 0.2) is 0 Å². The molecule has 2 N–H and O–H groups in total. The third kappa shape index (κ3) is 6.50. The molecule has 3 fully saturated rings.